The molecule has 1 aliphatic carbocycles. The number of nitrogens with one attached hydrogen (secondary N) is 1. The summed E-state index contributed by atoms with van der Waals surface area (Å²) in [7, 11) is 0. The zero-order valence-electron chi connectivity index (χ0n) is 17.9. The van der Waals surface area contributed by atoms with Gasteiger partial charge in [-0.05, 0) is 59.6 Å². The molecule has 0 bridgehead atoms. The Morgan fingerprint density at radius 1 is 1.00 bits per heavy atom. The first kappa shape index (κ1) is 21.5. The second-order valence-corrected chi connectivity index (χ2v) is 9.81. The normalized spacial score (nSPS) is 15.6. The second-order valence-electron chi connectivity index (χ2n) is 9.81. The number of phenolic OH excluding ortho intramolecular Hbond substituents is 1. The van der Waals surface area contributed by atoms with E-state index in [2.05, 4.69) is 52.1 Å². The maximum absolute atomic E-state index is 12.2. The first-order chi connectivity index (χ1) is 12.5. The smallest absolute Gasteiger partial charge is 0.240 e. The molecule has 27 heavy (non-hydrogen) atoms. The Balaban J connectivity index is 2.12. The van der Waals surface area contributed by atoms with Gasteiger partial charge in [-0.1, -0.05) is 60.1 Å². The van der Waals surface area contributed by atoms with Crippen molar-refractivity contribution in [2.75, 3.05) is 0 Å². The van der Waals surface area contributed by atoms with E-state index in [0.717, 1.165) is 35.2 Å². The fourth-order valence-electron chi connectivity index (χ4n) is 3.51. The van der Waals surface area contributed by atoms with Crippen molar-refractivity contribution in [1.82, 2.24) is 5.43 Å². The van der Waals surface area contributed by atoms with Crippen LogP contribution in [-0.2, 0) is 22.0 Å². The van der Waals surface area contributed by atoms with Gasteiger partial charge in [-0.25, -0.2) is 5.43 Å². The molecule has 0 saturated heterocycles. The molecule has 0 aromatic heterocycles. The Kier molecular flexibility index (Phi) is 6.72. The fourth-order valence-corrected chi connectivity index (χ4v) is 3.51. The highest BCUT2D eigenvalue weighted by molar-refractivity contribution is 5.86. The Bertz CT molecular complexity index is 663. The third-order valence-electron chi connectivity index (χ3n) is 5.20. The fraction of sp³-hybridized carbons (Fsp3) is 0.652. The number of carbonyl (C=O) groups is 1. The van der Waals surface area contributed by atoms with E-state index < -0.39 is 0 Å². The third-order valence-corrected chi connectivity index (χ3v) is 5.20. The molecule has 1 saturated carbocycles. The zero-order chi connectivity index (χ0) is 20.2. The Morgan fingerprint density at radius 3 is 2.00 bits per heavy atom. The van der Waals surface area contributed by atoms with Gasteiger partial charge in [-0.3, -0.25) is 4.79 Å². The number of hydrogen-bond donors (Lipinski definition) is 2. The molecule has 0 spiro atoms. The summed E-state index contributed by atoms with van der Waals surface area (Å²) in [4.78, 5) is 12.2. The lowest BCUT2D eigenvalue weighted by Crippen LogP contribution is -2.21. The number of nitrogens with zero attached hydrogens (tertiary/aromatic N) is 1. The van der Waals surface area contributed by atoms with Gasteiger partial charge >= 0.3 is 0 Å². The molecule has 0 heterocycles. The maximum atomic E-state index is 12.2. The molecule has 1 aromatic carbocycles. The minimum absolute atomic E-state index is 0.0456. The van der Waals surface area contributed by atoms with Crippen molar-refractivity contribution in [3.63, 3.8) is 0 Å². The monoisotopic (exact) mass is 372 g/mol. The first-order valence-corrected chi connectivity index (χ1v) is 10.2. The predicted molar refractivity (Wildman–Crippen MR) is 112 cm³/mol. The molecule has 2 rings (SSSR count). The number of aryl methyl sites for hydroxylation is 1. The van der Waals surface area contributed by atoms with E-state index in [-0.39, 0.29) is 16.7 Å². The van der Waals surface area contributed by atoms with Crippen molar-refractivity contribution in [2.45, 2.75) is 97.3 Å². The summed E-state index contributed by atoms with van der Waals surface area (Å²) in [6.07, 6.45) is 6.66. The summed E-state index contributed by atoms with van der Waals surface area (Å²) in [6, 6.07) is 4.09. The Labute approximate surface area is 164 Å². The highest BCUT2D eigenvalue weighted by atomic mass is 16.3. The standard InChI is InChI=1S/C23H36N2O2/c1-22(2,3)18-14-16(15-19(21(18)27)23(4,5)6)12-13-20(26)25-24-17-10-8-7-9-11-17/h14-15,27H,7-13H2,1-6H3,(H,25,26). The van der Waals surface area contributed by atoms with Gasteiger partial charge in [0.25, 0.3) is 0 Å². The average Bonchev–Trinajstić information content (AvgIpc) is 2.58. The van der Waals surface area contributed by atoms with E-state index in [1.165, 1.54) is 19.3 Å². The second kappa shape index (κ2) is 8.45. The third kappa shape index (κ3) is 6.08. The molecule has 1 fully saturated rings. The molecule has 150 valence electrons. The van der Waals surface area contributed by atoms with Crippen LogP contribution in [0.25, 0.3) is 0 Å². The molecular weight excluding hydrogens is 336 g/mol. The van der Waals surface area contributed by atoms with Crippen molar-refractivity contribution in [3.8, 4) is 5.75 Å². The van der Waals surface area contributed by atoms with Gasteiger partial charge in [0.1, 0.15) is 5.75 Å². The van der Waals surface area contributed by atoms with Crippen LogP contribution >= 0.6 is 0 Å². The van der Waals surface area contributed by atoms with Crippen LogP contribution in [0.2, 0.25) is 0 Å². The van der Waals surface area contributed by atoms with Crippen LogP contribution in [-0.4, -0.2) is 16.7 Å². The van der Waals surface area contributed by atoms with Crippen LogP contribution in [0.4, 0.5) is 0 Å². The van der Waals surface area contributed by atoms with E-state index in [4.69, 9.17) is 0 Å². The topological polar surface area (TPSA) is 61.7 Å². The number of aromatic hydroxyl groups is 1. The summed E-state index contributed by atoms with van der Waals surface area (Å²) < 4.78 is 0. The summed E-state index contributed by atoms with van der Waals surface area (Å²) >= 11 is 0. The zero-order valence-corrected chi connectivity index (χ0v) is 17.9. The first-order valence-electron chi connectivity index (χ1n) is 10.2. The summed E-state index contributed by atoms with van der Waals surface area (Å²) in [5, 5.41) is 15.1. The molecule has 1 amide bonds. The molecule has 0 aliphatic heterocycles. The average molecular weight is 373 g/mol. The molecule has 1 aliphatic rings. The van der Waals surface area contributed by atoms with Gasteiger partial charge in [0.15, 0.2) is 0 Å². The maximum Gasteiger partial charge on any atom is 0.240 e. The van der Waals surface area contributed by atoms with E-state index in [0.29, 0.717) is 18.6 Å². The SMILES string of the molecule is CC(C)(C)c1cc(CCC(=O)NN=C2CCCCC2)cc(C(C)(C)C)c1O. The lowest BCUT2D eigenvalue weighted by atomic mass is 9.78. The van der Waals surface area contributed by atoms with Crippen LogP contribution in [0.3, 0.4) is 0 Å². The van der Waals surface area contributed by atoms with Crippen molar-refractivity contribution in [2.24, 2.45) is 5.10 Å². The number of carbonyl (C=O) groups excluding carboxylic acids is 1. The number of benzene rings is 1. The highest BCUT2D eigenvalue weighted by Gasteiger charge is 2.26. The summed E-state index contributed by atoms with van der Waals surface area (Å²) in [5.41, 5.74) is 6.49. The molecule has 1 aromatic rings. The quantitative estimate of drug-likeness (QED) is 0.699. The van der Waals surface area contributed by atoms with Crippen LogP contribution < -0.4 is 5.43 Å². The van der Waals surface area contributed by atoms with Crippen molar-refractivity contribution >= 4 is 11.6 Å². The molecule has 0 unspecified atom stereocenters. The summed E-state index contributed by atoms with van der Waals surface area (Å²) in [5.74, 6) is 0.336. The number of amides is 1. The van der Waals surface area contributed by atoms with Crippen molar-refractivity contribution in [1.29, 1.82) is 0 Å². The van der Waals surface area contributed by atoms with Gasteiger partial charge in [-0.15, -0.1) is 0 Å². The van der Waals surface area contributed by atoms with E-state index in [1.807, 2.05) is 12.1 Å². The number of rotatable bonds is 4. The lowest BCUT2D eigenvalue weighted by Gasteiger charge is -2.28. The number of hydrazone groups is 1. The van der Waals surface area contributed by atoms with E-state index >= 15 is 0 Å². The van der Waals surface area contributed by atoms with Gasteiger partial charge in [-0.2, -0.15) is 5.10 Å². The van der Waals surface area contributed by atoms with Crippen LogP contribution in [0.15, 0.2) is 17.2 Å². The minimum atomic E-state index is -0.157. The van der Waals surface area contributed by atoms with Crippen LogP contribution in [0.5, 0.6) is 5.75 Å². The lowest BCUT2D eigenvalue weighted by molar-refractivity contribution is -0.121. The largest absolute Gasteiger partial charge is 0.507 e. The van der Waals surface area contributed by atoms with E-state index in [1.54, 1.807) is 0 Å². The number of hydrogen-bond acceptors (Lipinski definition) is 3. The molecule has 4 heteroatoms. The van der Waals surface area contributed by atoms with Crippen LogP contribution in [0, 0.1) is 0 Å². The predicted octanol–water partition coefficient (Wildman–Crippen LogP) is 5.36. The van der Waals surface area contributed by atoms with Gasteiger partial charge in [0.2, 0.25) is 5.91 Å². The molecule has 0 atom stereocenters. The molecule has 0 radical (unpaired) electrons. The molecule has 2 N–H and O–H groups in total. The van der Waals surface area contributed by atoms with Gasteiger partial charge in [0.05, 0.1) is 0 Å². The molecule has 4 nitrogen and oxygen atoms in total. The van der Waals surface area contributed by atoms with Crippen LogP contribution in [0.1, 0.15) is 96.8 Å². The van der Waals surface area contributed by atoms with Crippen molar-refractivity contribution in [3.05, 3.63) is 28.8 Å². The van der Waals surface area contributed by atoms with E-state index in [9.17, 15) is 9.90 Å². The van der Waals surface area contributed by atoms with Crippen molar-refractivity contribution < 1.29 is 9.90 Å². The van der Waals surface area contributed by atoms with Gasteiger partial charge in [0, 0.05) is 12.1 Å². The number of phenols is 1. The minimum Gasteiger partial charge on any atom is -0.507 e. The highest BCUT2D eigenvalue weighted by Crippen LogP contribution is 2.39. The molecular formula is C23H36N2O2. The van der Waals surface area contributed by atoms with Gasteiger partial charge < -0.3 is 5.11 Å². The Hall–Kier alpha value is -1.84. The summed E-state index contributed by atoms with van der Waals surface area (Å²) in [6.45, 7) is 12.6. The Morgan fingerprint density at radius 2 is 1.52 bits per heavy atom.